The monoisotopic (exact) mass is 428 g/mol. The number of halogens is 3. The highest BCUT2D eigenvalue weighted by Crippen LogP contribution is 2.31. The zero-order valence-corrected chi connectivity index (χ0v) is 14.7. The Bertz CT molecular complexity index is 765. The zero-order valence-electron chi connectivity index (χ0n) is 10.9. The second-order valence-corrected chi connectivity index (χ2v) is 7.51. The highest BCUT2D eigenvalue weighted by Gasteiger charge is 2.07. The van der Waals surface area contributed by atoms with E-state index in [9.17, 15) is 4.39 Å². The zero-order chi connectivity index (χ0) is 14.8. The maximum Gasteiger partial charge on any atom is 0.123 e. The molecule has 0 amide bonds. The summed E-state index contributed by atoms with van der Waals surface area (Å²) < 4.78 is 14.1. The maximum absolute atomic E-state index is 13.0. The van der Waals surface area contributed by atoms with Gasteiger partial charge in [-0.15, -0.1) is 11.3 Å². The van der Waals surface area contributed by atoms with Crippen molar-refractivity contribution in [2.75, 3.05) is 0 Å². The molecular formula is C17H11ClFIS. The van der Waals surface area contributed by atoms with Gasteiger partial charge in [-0.05, 0) is 76.2 Å². The smallest absolute Gasteiger partial charge is 0.123 e. The van der Waals surface area contributed by atoms with Crippen molar-refractivity contribution in [3.63, 3.8) is 0 Å². The van der Waals surface area contributed by atoms with Crippen LogP contribution in [0, 0.1) is 9.39 Å². The molecule has 0 aliphatic carbocycles. The van der Waals surface area contributed by atoms with Gasteiger partial charge in [0.2, 0.25) is 0 Å². The molecule has 0 bridgehead atoms. The number of benzene rings is 2. The Morgan fingerprint density at radius 3 is 2.52 bits per heavy atom. The largest absolute Gasteiger partial charge is 0.207 e. The van der Waals surface area contributed by atoms with Crippen molar-refractivity contribution < 1.29 is 4.39 Å². The third-order valence-electron chi connectivity index (χ3n) is 3.16. The Hall–Kier alpha value is -0.910. The molecule has 0 saturated carbocycles. The molecule has 1 heterocycles. The van der Waals surface area contributed by atoms with Crippen LogP contribution in [0.2, 0.25) is 5.02 Å². The molecule has 0 N–H and O–H groups in total. The fraction of sp³-hybridized carbons (Fsp3) is 0.0588. The van der Waals surface area contributed by atoms with Crippen molar-refractivity contribution in [3.8, 4) is 10.4 Å². The van der Waals surface area contributed by atoms with Crippen molar-refractivity contribution in [2.24, 2.45) is 0 Å². The minimum Gasteiger partial charge on any atom is -0.207 e. The molecule has 2 aromatic carbocycles. The van der Waals surface area contributed by atoms with E-state index < -0.39 is 0 Å². The Kier molecular flexibility index (Phi) is 4.62. The topological polar surface area (TPSA) is 0 Å². The predicted molar refractivity (Wildman–Crippen MR) is 96.7 cm³/mol. The van der Waals surface area contributed by atoms with Crippen LogP contribution in [-0.4, -0.2) is 0 Å². The highest BCUT2D eigenvalue weighted by atomic mass is 127. The molecular weight excluding hydrogens is 418 g/mol. The Labute approximate surface area is 145 Å². The molecule has 0 aliphatic rings. The molecule has 3 aromatic rings. The van der Waals surface area contributed by atoms with Gasteiger partial charge in [0, 0.05) is 24.8 Å². The third kappa shape index (κ3) is 3.65. The molecule has 0 atom stereocenters. The average molecular weight is 429 g/mol. The molecule has 0 nitrogen and oxygen atoms in total. The molecule has 106 valence electrons. The fourth-order valence-corrected chi connectivity index (χ4v) is 3.89. The Morgan fingerprint density at radius 1 is 1.00 bits per heavy atom. The lowest BCUT2D eigenvalue weighted by atomic mass is 10.1. The summed E-state index contributed by atoms with van der Waals surface area (Å²) in [5, 5.41) is 0.798. The van der Waals surface area contributed by atoms with Crippen molar-refractivity contribution >= 4 is 45.5 Å². The van der Waals surface area contributed by atoms with Crippen LogP contribution >= 0.6 is 45.5 Å². The van der Waals surface area contributed by atoms with Crippen molar-refractivity contribution in [2.45, 2.75) is 6.42 Å². The van der Waals surface area contributed by atoms with E-state index >= 15 is 0 Å². The molecule has 0 unspecified atom stereocenters. The van der Waals surface area contributed by atoms with Crippen LogP contribution in [0.4, 0.5) is 4.39 Å². The normalized spacial score (nSPS) is 10.8. The summed E-state index contributed by atoms with van der Waals surface area (Å²) in [7, 11) is 0. The van der Waals surface area contributed by atoms with Crippen molar-refractivity contribution in [3.05, 3.63) is 79.4 Å². The van der Waals surface area contributed by atoms with Crippen molar-refractivity contribution in [1.82, 2.24) is 0 Å². The number of rotatable bonds is 3. The first-order chi connectivity index (χ1) is 10.1. The summed E-state index contributed by atoms with van der Waals surface area (Å²) in [6.07, 6.45) is 0.821. The van der Waals surface area contributed by atoms with Crippen LogP contribution in [0.5, 0.6) is 0 Å². The van der Waals surface area contributed by atoms with E-state index in [-0.39, 0.29) is 5.82 Å². The second kappa shape index (κ2) is 6.46. The fourth-order valence-electron chi connectivity index (χ4n) is 2.11. The van der Waals surface area contributed by atoms with Gasteiger partial charge in [0.05, 0.1) is 0 Å². The van der Waals surface area contributed by atoms with Gasteiger partial charge < -0.3 is 0 Å². The highest BCUT2D eigenvalue weighted by molar-refractivity contribution is 14.1. The first-order valence-electron chi connectivity index (χ1n) is 6.40. The molecule has 0 fully saturated rings. The molecule has 0 saturated heterocycles. The van der Waals surface area contributed by atoms with E-state index in [0.717, 1.165) is 27.4 Å². The van der Waals surface area contributed by atoms with Gasteiger partial charge in [0.25, 0.3) is 0 Å². The predicted octanol–water partition coefficient (Wildman–Crippen LogP) is 6.40. The maximum atomic E-state index is 13.0. The summed E-state index contributed by atoms with van der Waals surface area (Å²) in [5.74, 6) is -0.207. The van der Waals surface area contributed by atoms with Gasteiger partial charge >= 0.3 is 0 Å². The minimum atomic E-state index is -0.207. The molecule has 21 heavy (non-hydrogen) atoms. The van der Waals surface area contributed by atoms with E-state index in [1.165, 1.54) is 20.6 Å². The lowest BCUT2D eigenvalue weighted by Gasteiger charge is -2.03. The summed E-state index contributed by atoms with van der Waals surface area (Å²) in [5.41, 5.74) is 2.18. The van der Waals surface area contributed by atoms with E-state index in [4.69, 9.17) is 11.6 Å². The SMILES string of the molecule is Fc1ccc(-c2ccc(Cc3cc(I)ccc3Cl)s2)cc1. The van der Waals surface area contributed by atoms with Gasteiger partial charge in [0.15, 0.2) is 0 Å². The second-order valence-electron chi connectivity index (χ2n) is 4.69. The van der Waals surface area contributed by atoms with Gasteiger partial charge in [-0.3, -0.25) is 0 Å². The standard InChI is InChI=1S/C17H11ClFIS/c18-16-7-5-14(20)9-12(16)10-15-6-8-17(21-15)11-1-3-13(19)4-2-11/h1-9H,10H2. The number of hydrogen-bond donors (Lipinski definition) is 0. The summed E-state index contributed by atoms with van der Waals surface area (Å²) in [6.45, 7) is 0. The van der Waals surface area contributed by atoms with Crippen LogP contribution in [-0.2, 0) is 6.42 Å². The van der Waals surface area contributed by atoms with Crippen LogP contribution in [0.25, 0.3) is 10.4 Å². The number of hydrogen-bond acceptors (Lipinski definition) is 1. The Balaban J connectivity index is 1.85. The Morgan fingerprint density at radius 2 is 1.76 bits per heavy atom. The average Bonchev–Trinajstić information content (AvgIpc) is 2.92. The lowest BCUT2D eigenvalue weighted by Crippen LogP contribution is -1.87. The lowest BCUT2D eigenvalue weighted by molar-refractivity contribution is 0.628. The quantitative estimate of drug-likeness (QED) is 0.423. The molecule has 0 radical (unpaired) electrons. The first kappa shape index (κ1) is 15.0. The van der Waals surface area contributed by atoms with Crippen LogP contribution in [0.15, 0.2) is 54.6 Å². The molecule has 0 spiro atoms. The summed E-state index contributed by atoms with van der Waals surface area (Å²) >= 11 is 10.3. The van der Waals surface area contributed by atoms with Crippen LogP contribution in [0.3, 0.4) is 0 Å². The molecule has 3 rings (SSSR count). The van der Waals surface area contributed by atoms with Crippen LogP contribution < -0.4 is 0 Å². The van der Waals surface area contributed by atoms with Crippen molar-refractivity contribution in [1.29, 1.82) is 0 Å². The summed E-state index contributed by atoms with van der Waals surface area (Å²) in [4.78, 5) is 2.39. The van der Waals surface area contributed by atoms with Gasteiger partial charge in [-0.2, -0.15) is 0 Å². The van der Waals surface area contributed by atoms with E-state index in [1.54, 1.807) is 11.3 Å². The van der Waals surface area contributed by atoms with Crippen LogP contribution in [0.1, 0.15) is 10.4 Å². The van der Waals surface area contributed by atoms with Gasteiger partial charge in [-0.1, -0.05) is 23.7 Å². The summed E-state index contributed by atoms with van der Waals surface area (Å²) in [6, 6.07) is 16.8. The van der Waals surface area contributed by atoms with Gasteiger partial charge in [-0.25, -0.2) is 4.39 Å². The third-order valence-corrected chi connectivity index (χ3v) is 5.34. The van der Waals surface area contributed by atoms with E-state index in [2.05, 4.69) is 40.8 Å². The molecule has 1 aromatic heterocycles. The minimum absolute atomic E-state index is 0.207. The molecule has 4 heteroatoms. The molecule has 0 aliphatic heterocycles. The van der Waals surface area contributed by atoms with E-state index in [0.29, 0.717) is 0 Å². The van der Waals surface area contributed by atoms with Gasteiger partial charge in [0.1, 0.15) is 5.82 Å². The first-order valence-corrected chi connectivity index (χ1v) is 8.68. The van der Waals surface area contributed by atoms with E-state index in [1.807, 2.05) is 24.3 Å². The number of thiophene rings is 1.